The fourth-order valence-electron chi connectivity index (χ4n) is 9.47. The second kappa shape index (κ2) is 13.7. The first-order valence-electron chi connectivity index (χ1n) is 19.7. The van der Waals surface area contributed by atoms with E-state index in [0.29, 0.717) is 24.8 Å². The second-order valence-corrected chi connectivity index (χ2v) is 16.4. The number of rotatable bonds is 9. The minimum Gasteiger partial charge on any atom is -0.371 e. The lowest BCUT2D eigenvalue weighted by atomic mass is 9.91. The van der Waals surface area contributed by atoms with Gasteiger partial charge in [-0.1, -0.05) is 35.5 Å². The molecule has 10 nitrogen and oxygen atoms in total. The van der Waals surface area contributed by atoms with Gasteiger partial charge in [0.15, 0.2) is 0 Å². The average molecular weight is 724 g/mol. The summed E-state index contributed by atoms with van der Waals surface area (Å²) in [4.78, 5) is 34.1. The summed E-state index contributed by atoms with van der Waals surface area (Å²) in [6.45, 7) is 12.9. The van der Waals surface area contributed by atoms with Crippen LogP contribution >= 0.6 is 0 Å². The van der Waals surface area contributed by atoms with Gasteiger partial charge in [-0.05, 0) is 111 Å². The lowest BCUT2D eigenvalue weighted by molar-refractivity contribution is -0.137. The molecule has 0 bridgehead atoms. The van der Waals surface area contributed by atoms with Crippen LogP contribution in [0.5, 0.6) is 0 Å². The fourth-order valence-corrected chi connectivity index (χ4v) is 9.47. The molecule has 4 fully saturated rings. The number of carbonyl (C=O) groups is 2. The van der Waals surface area contributed by atoms with Crippen LogP contribution in [0.25, 0.3) is 11.1 Å². The number of piperidine rings is 2. The summed E-state index contributed by atoms with van der Waals surface area (Å²) in [6, 6.07) is 25.2. The van der Waals surface area contributed by atoms with Crippen LogP contribution in [-0.2, 0) is 28.1 Å². The van der Waals surface area contributed by atoms with E-state index < -0.39 is 0 Å². The Morgan fingerprint density at radius 2 is 1.69 bits per heavy atom. The maximum atomic E-state index is 12.5. The van der Waals surface area contributed by atoms with Crippen LogP contribution in [0.15, 0.2) is 65.2 Å². The molecule has 9 rings (SSSR count). The van der Waals surface area contributed by atoms with Crippen molar-refractivity contribution < 1.29 is 14.1 Å². The van der Waals surface area contributed by atoms with Gasteiger partial charge in [-0.25, -0.2) is 0 Å². The fraction of sp³-hybridized carbons (Fsp3) is 0.455. The van der Waals surface area contributed by atoms with Crippen LogP contribution in [0.3, 0.4) is 0 Å². The summed E-state index contributed by atoms with van der Waals surface area (Å²) in [5, 5.41) is 16.6. The van der Waals surface area contributed by atoms with E-state index in [-0.39, 0.29) is 23.3 Å². The summed E-state index contributed by atoms with van der Waals surface area (Å²) in [6.07, 6.45) is 5.20. The average Bonchev–Trinajstić information content (AvgIpc) is 3.74. The van der Waals surface area contributed by atoms with Crippen molar-refractivity contribution in [2.24, 2.45) is 5.92 Å². The first-order valence-corrected chi connectivity index (χ1v) is 19.7. The monoisotopic (exact) mass is 723 g/mol. The molecule has 0 spiro atoms. The van der Waals surface area contributed by atoms with Crippen LogP contribution in [0.4, 0.5) is 17.1 Å². The lowest BCUT2D eigenvalue weighted by Gasteiger charge is -2.49. The molecule has 3 aromatic carbocycles. The van der Waals surface area contributed by atoms with Crippen molar-refractivity contribution in [1.29, 1.82) is 5.26 Å². The van der Waals surface area contributed by atoms with E-state index in [4.69, 9.17) is 4.52 Å². The standard InChI is InChI=1S/C44H49N7O3/c1-28-4-5-32(42-29(2)47-54-30(42)3)21-40(28)51(37-10-7-35(8-11-37)44(27-45)16-17-44)24-31-22-49(23-31)36-14-18-48(19-15-36)38-9-6-33-25-50(26-34(33)20-38)39-12-13-41(52)46-43(39)53/h4-11,20-21,31,36,39H,12-19,22-26H2,1-3H3,(H,46,52,53). The number of likely N-dealkylation sites (tertiary alicyclic amines) is 1. The number of amides is 2. The molecule has 4 aromatic rings. The Balaban J connectivity index is 0.853. The molecule has 1 N–H and O–H groups in total. The number of fused-ring (bicyclic) bond motifs is 1. The van der Waals surface area contributed by atoms with Crippen LogP contribution in [0, 0.1) is 38.0 Å². The van der Waals surface area contributed by atoms with Gasteiger partial charge in [0.25, 0.3) is 0 Å². The topological polar surface area (TPSA) is 109 Å². The zero-order chi connectivity index (χ0) is 37.1. The summed E-state index contributed by atoms with van der Waals surface area (Å²) < 4.78 is 5.55. The summed E-state index contributed by atoms with van der Waals surface area (Å²) >= 11 is 0. The molecular weight excluding hydrogens is 675 g/mol. The molecular formula is C44H49N7O3. The molecule has 278 valence electrons. The largest absolute Gasteiger partial charge is 0.371 e. The van der Waals surface area contributed by atoms with Gasteiger partial charge in [0.05, 0.1) is 23.2 Å². The maximum Gasteiger partial charge on any atom is 0.243 e. The molecule has 10 heteroatoms. The predicted octanol–water partition coefficient (Wildman–Crippen LogP) is 6.68. The number of benzene rings is 3. The highest BCUT2D eigenvalue weighted by Crippen LogP contribution is 2.48. The minimum atomic E-state index is -0.300. The van der Waals surface area contributed by atoms with Crippen molar-refractivity contribution in [3.8, 4) is 17.2 Å². The Morgan fingerprint density at radius 3 is 2.37 bits per heavy atom. The summed E-state index contributed by atoms with van der Waals surface area (Å²) in [7, 11) is 0. The molecule has 2 amide bonds. The van der Waals surface area contributed by atoms with Crippen molar-refractivity contribution >= 4 is 28.9 Å². The summed E-state index contributed by atoms with van der Waals surface area (Å²) in [5.41, 5.74) is 11.4. The van der Waals surface area contributed by atoms with Gasteiger partial charge in [-0.3, -0.25) is 24.7 Å². The smallest absolute Gasteiger partial charge is 0.243 e. The number of anilines is 3. The SMILES string of the molecule is Cc1ccc(-c2c(C)noc2C)cc1N(CC1CN(C2CCN(c3ccc4c(c3)CN(C3CCC(=O)NC3=O)C4)CC2)C1)c1ccc(C2(C#N)CC2)cc1. The molecule has 1 aromatic heterocycles. The Morgan fingerprint density at radius 1 is 0.926 bits per heavy atom. The molecule has 1 unspecified atom stereocenters. The van der Waals surface area contributed by atoms with Crippen LogP contribution in [0.1, 0.15) is 72.2 Å². The number of nitriles is 1. The molecule has 1 atom stereocenters. The highest BCUT2D eigenvalue weighted by molar-refractivity contribution is 6.00. The van der Waals surface area contributed by atoms with E-state index >= 15 is 0 Å². The third-order valence-electron chi connectivity index (χ3n) is 12.9. The molecule has 0 radical (unpaired) electrons. The van der Waals surface area contributed by atoms with Crippen molar-refractivity contribution in [2.45, 2.75) is 89.9 Å². The number of imide groups is 1. The third kappa shape index (κ3) is 6.37. The maximum absolute atomic E-state index is 12.5. The van der Waals surface area contributed by atoms with Gasteiger partial charge in [-0.15, -0.1) is 0 Å². The Hall–Kier alpha value is -4.98. The van der Waals surface area contributed by atoms with Crippen molar-refractivity contribution in [1.82, 2.24) is 20.3 Å². The Labute approximate surface area is 317 Å². The molecule has 5 aliphatic rings. The van der Waals surface area contributed by atoms with E-state index in [0.717, 1.165) is 105 Å². The Kier molecular flexibility index (Phi) is 8.82. The lowest BCUT2D eigenvalue weighted by Crippen LogP contribution is -2.57. The van der Waals surface area contributed by atoms with E-state index in [1.165, 1.54) is 28.1 Å². The predicted molar refractivity (Wildman–Crippen MR) is 208 cm³/mol. The van der Waals surface area contributed by atoms with E-state index in [2.05, 4.69) is 104 Å². The van der Waals surface area contributed by atoms with E-state index in [1.54, 1.807) is 0 Å². The molecule has 4 aliphatic heterocycles. The third-order valence-corrected chi connectivity index (χ3v) is 12.9. The quantitative estimate of drug-likeness (QED) is 0.189. The highest BCUT2D eigenvalue weighted by atomic mass is 16.5. The normalized spacial score (nSPS) is 21.7. The van der Waals surface area contributed by atoms with Gasteiger partial charge in [0.1, 0.15) is 5.76 Å². The molecule has 1 aliphatic carbocycles. The number of nitrogens with zero attached hydrogens (tertiary/aromatic N) is 6. The second-order valence-electron chi connectivity index (χ2n) is 16.4. The first kappa shape index (κ1) is 34.8. The number of carbonyl (C=O) groups excluding carboxylic acids is 2. The number of aryl methyl sites for hydroxylation is 3. The number of hydrogen-bond donors (Lipinski definition) is 1. The zero-order valence-electron chi connectivity index (χ0n) is 31.6. The summed E-state index contributed by atoms with van der Waals surface area (Å²) in [5.74, 6) is 1.06. The number of aromatic nitrogens is 1. The van der Waals surface area contributed by atoms with Gasteiger partial charge in [0.2, 0.25) is 11.8 Å². The number of nitrogens with one attached hydrogen (secondary N) is 1. The van der Waals surface area contributed by atoms with Crippen molar-refractivity contribution in [3.63, 3.8) is 0 Å². The van der Waals surface area contributed by atoms with Gasteiger partial charge >= 0.3 is 0 Å². The van der Waals surface area contributed by atoms with Crippen LogP contribution in [-0.4, -0.2) is 71.6 Å². The van der Waals surface area contributed by atoms with Gasteiger partial charge < -0.3 is 14.3 Å². The molecule has 3 saturated heterocycles. The van der Waals surface area contributed by atoms with Crippen LogP contribution in [0.2, 0.25) is 0 Å². The Bertz CT molecular complexity index is 2110. The molecule has 5 heterocycles. The minimum absolute atomic E-state index is 0.156. The van der Waals surface area contributed by atoms with Gasteiger partial charge in [0, 0.05) is 86.8 Å². The van der Waals surface area contributed by atoms with E-state index in [9.17, 15) is 14.9 Å². The van der Waals surface area contributed by atoms with E-state index in [1.807, 2.05) is 13.8 Å². The zero-order valence-corrected chi connectivity index (χ0v) is 31.6. The molecule has 54 heavy (non-hydrogen) atoms. The van der Waals surface area contributed by atoms with Crippen molar-refractivity contribution in [2.75, 3.05) is 42.5 Å². The highest BCUT2D eigenvalue weighted by Gasteiger charge is 2.45. The van der Waals surface area contributed by atoms with Crippen LogP contribution < -0.4 is 15.1 Å². The van der Waals surface area contributed by atoms with Gasteiger partial charge in [-0.2, -0.15) is 5.26 Å². The molecule has 1 saturated carbocycles. The number of hydrogen-bond acceptors (Lipinski definition) is 9. The van der Waals surface area contributed by atoms with Crippen molar-refractivity contribution in [3.05, 3.63) is 94.4 Å². The first-order chi connectivity index (χ1) is 26.2.